The van der Waals surface area contributed by atoms with Gasteiger partial charge in [-0.25, -0.2) is 12.7 Å². The number of hydrogen-bond donors (Lipinski definition) is 1. The monoisotopic (exact) mass is 235 g/mol. The predicted molar refractivity (Wildman–Crippen MR) is 60.0 cm³/mol. The molecule has 0 atom stereocenters. The van der Waals surface area contributed by atoms with Gasteiger partial charge in [0.15, 0.2) is 0 Å². The zero-order valence-corrected chi connectivity index (χ0v) is 10.3. The van der Waals surface area contributed by atoms with E-state index in [1.807, 2.05) is 13.8 Å². The van der Waals surface area contributed by atoms with Crippen LogP contribution in [0.5, 0.6) is 0 Å². The van der Waals surface area contributed by atoms with Crippen LogP contribution in [-0.2, 0) is 10.0 Å². The maximum atomic E-state index is 11.9. The maximum Gasteiger partial charge on any atom is 0.214 e. The molecule has 0 aromatic heterocycles. The molecule has 1 rings (SSSR count). The van der Waals surface area contributed by atoms with Crippen molar-refractivity contribution in [3.8, 4) is 0 Å². The summed E-state index contributed by atoms with van der Waals surface area (Å²) in [6, 6.07) is 0. The van der Waals surface area contributed by atoms with Crippen molar-refractivity contribution < 1.29 is 13.5 Å². The average Bonchev–Trinajstić information content (AvgIpc) is 2.16. The quantitative estimate of drug-likeness (QED) is 0.779. The number of hydrogen-bond acceptors (Lipinski definition) is 3. The smallest absolute Gasteiger partial charge is 0.214 e. The SMILES string of the molecule is CC(C)CS(=O)(=O)N1CCC(CO)CC1. The van der Waals surface area contributed by atoms with E-state index in [-0.39, 0.29) is 24.2 Å². The van der Waals surface area contributed by atoms with E-state index in [2.05, 4.69) is 0 Å². The summed E-state index contributed by atoms with van der Waals surface area (Å²) in [7, 11) is -3.06. The largest absolute Gasteiger partial charge is 0.396 e. The number of sulfonamides is 1. The predicted octanol–water partition coefficient (Wildman–Crippen LogP) is 0.676. The van der Waals surface area contributed by atoms with E-state index in [9.17, 15) is 8.42 Å². The van der Waals surface area contributed by atoms with Gasteiger partial charge in [-0.1, -0.05) is 13.8 Å². The Morgan fingerprint density at radius 2 is 1.87 bits per heavy atom. The highest BCUT2D eigenvalue weighted by Crippen LogP contribution is 2.20. The molecule has 0 amide bonds. The molecule has 5 heteroatoms. The Morgan fingerprint density at radius 1 is 1.33 bits per heavy atom. The molecule has 1 fully saturated rings. The minimum Gasteiger partial charge on any atom is -0.396 e. The molecule has 0 radical (unpaired) electrons. The summed E-state index contributed by atoms with van der Waals surface area (Å²) < 4.78 is 25.3. The molecule has 1 N–H and O–H groups in total. The van der Waals surface area contributed by atoms with Gasteiger partial charge in [-0.2, -0.15) is 0 Å². The summed E-state index contributed by atoms with van der Waals surface area (Å²) in [5.74, 6) is 0.692. The molecule has 0 aliphatic carbocycles. The van der Waals surface area contributed by atoms with E-state index in [0.29, 0.717) is 13.1 Å². The van der Waals surface area contributed by atoms with E-state index in [0.717, 1.165) is 12.8 Å². The molecule has 15 heavy (non-hydrogen) atoms. The van der Waals surface area contributed by atoms with Crippen LogP contribution >= 0.6 is 0 Å². The van der Waals surface area contributed by atoms with Gasteiger partial charge in [0.2, 0.25) is 10.0 Å². The van der Waals surface area contributed by atoms with E-state index in [1.165, 1.54) is 0 Å². The normalized spacial score (nSPS) is 21.1. The van der Waals surface area contributed by atoms with E-state index < -0.39 is 10.0 Å². The highest BCUT2D eigenvalue weighted by atomic mass is 32.2. The molecular weight excluding hydrogens is 214 g/mol. The summed E-state index contributed by atoms with van der Waals surface area (Å²) in [4.78, 5) is 0. The highest BCUT2D eigenvalue weighted by molar-refractivity contribution is 7.89. The lowest BCUT2D eigenvalue weighted by Gasteiger charge is -2.30. The van der Waals surface area contributed by atoms with Crippen molar-refractivity contribution in [1.29, 1.82) is 0 Å². The second kappa shape index (κ2) is 5.27. The van der Waals surface area contributed by atoms with Gasteiger partial charge in [-0.05, 0) is 24.7 Å². The summed E-state index contributed by atoms with van der Waals surface area (Å²) in [6.45, 7) is 5.15. The lowest BCUT2D eigenvalue weighted by molar-refractivity contribution is 0.170. The van der Waals surface area contributed by atoms with Gasteiger partial charge < -0.3 is 5.11 Å². The number of nitrogens with zero attached hydrogens (tertiary/aromatic N) is 1. The van der Waals surface area contributed by atoms with Crippen molar-refractivity contribution in [2.24, 2.45) is 11.8 Å². The van der Waals surface area contributed by atoms with Gasteiger partial charge >= 0.3 is 0 Å². The first-order valence-electron chi connectivity index (χ1n) is 5.54. The first kappa shape index (κ1) is 12.9. The Hall–Kier alpha value is -0.130. The number of rotatable bonds is 4. The average molecular weight is 235 g/mol. The number of piperidine rings is 1. The van der Waals surface area contributed by atoms with Crippen LogP contribution in [-0.4, -0.2) is 43.3 Å². The molecule has 1 heterocycles. The summed E-state index contributed by atoms with van der Waals surface area (Å²) in [5.41, 5.74) is 0. The molecule has 0 bridgehead atoms. The standard InChI is InChI=1S/C10H21NO3S/c1-9(2)8-15(13,14)11-5-3-10(7-12)4-6-11/h9-10,12H,3-8H2,1-2H3. The summed E-state index contributed by atoms with van der Waals surface area (Å²) in [5, 5.41) is 8.96. The number of aliphatic hydroxyl groups is 1. The van der Waals surface area contributed by atoms with Crippen LogP contribution in [0.1, 0.15) is 26.7 Å². The van der Waals surface area contributed by atoms with Crippen molar-refractivity contribution in [3.63, 3.8) is 0 Å². The lowest BCUT2D eigenvalue weighted by Crippen LogP contribution is -2.41. The van der Waals surface area contributed by atoms with E-state index >= 15 is 0 Å². The van der Waals surface area contributed by atoms with Crippen LogP contribution in [0.25, 0.3) is 0 Å². The van der Waals surface area contributed by atoms with Crippen molar-refractivity contribution in [1.82, 2.24) is 4.31 Å². The zero-order valence-electron chi connectivity index (χ0n) is 9.52. The fourth-order valence-electron chi connectivity index (χ4n) is 1.90. The van der Waals surface area contributed by atoms with Crippen LogP contribution in [0.15, 0.2) is 0 Å². The van der Waals surface area contributed by atoms with Crippen LogP contribution < -0.4 is 0 Å². The second-order valence-electron chi connectivity index (χ2n) is 4.70. The van der Waals surface area contributed by atoms with Gasteiger partial charge in [-0.15, -0.1) is 0 Å². The Bertz CT molecular complexity index is 279. The third kappa shape index (κ3) is 3.74. The molecule has 0 spiro atoms. The molecule has 0 unspecified atom stereocenters. The molecule has 90 valence electrons. The van der Waals surface area contributed by atoms with E-state index in [4.69, 9.17) is 5.11 Å². The Labute approximate surface area is 92.3 Å². The van der Waals surface area contributed by atoms with Crippen molar-refractivity contribution in [2.75, 3.05) is 25.4 Å². The van der Waals surface area contributed by atoms with Crippen molar-refractivity contribution >= 4 is 10.0 Å². The topological polar surface area (TPSA) is 57.6 Å². The Kier molecular flexibility index (Phi) is 4.55. The molecule has 0 aromatic carbocycles. The molecule has 1 aliphatic rings. The van der Waals surface area contributed by atoms with Crippen LogP contribution in [0, 0.1) is 11.8 Å². The van der Waals surface area contributed by atoms with Crippen LogP contribution in [0.3, 0.4) is 0 Å². The fourth-order valence-corrected chi connectivity index (χ4v) is 3.72. The molecule has 4 nitrogen and oxygen atoms in total. The Balaban J connectivity index is 2.52. The Morgan fingerprint density at radius 3 is 2.27 bits per heavy atom. The van der Waals surface area contributed by atoms with Gasteiger partial charge in [0.05, 0.1) is 5.75 Å². The van der Waals surface area contributed by atoms with Gasteiger partial charge in [0.25, 0.3) is 0 Å². The minimum absolute atomic E-state index is 0.172. The molecule has 1 saturated heterocycles. The first-order valence-corrected chi connectivity index (χ1v) is 7.15. The van der Waals surface area contributed by atoms with Crippen molar-refractivity contribution in [3.05, 3.63) is 0 Å². The first-order chi connectivity index (χ1) is 6.95. The number of aliphatic hydroxyl groups excluding tert-OH is 1. The summed E-state index contributed by atoms with van der Waals surface area (Å²) in [6.07, 6.45) is 1.57. The molecule has 0 saturated carbocycles. The third-order valence-electron chi connectivity index (χ3n) is 2.77. The molecule has 1 aliphatic heterocycles. The zero-order chi connectivity index (χ0) is 11.5. The maximum absolute atomic E-state index is 11.9. The van der Waals surface area contributed by atoms with E-state index in [1.54, 1.807) is 4.31 Å². The summed E-state index contributed by atoms with van der Waals surface area (Å²) >= 11 is 0. The van der Waals surface area contributed by atoms with Gasteiger partial charge in [0.1, 0.15) is 0 Å². The highest BCUT2D eigenvalue weighted by Gasteiger charge is 2.27. The molecular formula is C10H21NO3S. The molecule has 0 aromatic rings. The van der Waals surface area contributed by atoms with Gasteiger partial charge in [-0.3, -0.25) is 0 Å². The minimum atomic E-state index is -3.06. The van der Waals surface area contributed by atoms with Crippen LogP contribution in [0.4, 0.5) is 0 Å². The van der Waals surface area contributed by atoms with Crippen molar-refractivity contribution in [2.45, 2.75) is 26.7 Å². The van der Waals surface area contributed by atoms with Crippen LogP contribution in [0.2, 0.25) is 0 Å². The third-order valence-corrected chi connectivity index (χ3v) is 5.01. The second-order valence-corrected chi connectivity index (χ2v) is 6.71. The lowest BCUT2D eigenvalue weighted by atomic mass is 10.00. The van der Waals surface area contributed by atoms with Gasteiger partial charge in [0, 0.05) is 19.7 Å². The fraction of sp³-hybridized carbons (Fsp3) is 1.00.